The molecule has 1 rings (SSSR count). The molecule has 3 heteroatoms. The summed E-state index contributed by atoms with van der Waals surface area (Å²) in [6.07, 6.45) is 1.60. The van der Waals surface area contributed by atoms with Crippen molar-refractivity contribution in [2.24, 2.45) is 0 Å². The van der Waals surface area contributed by atoms with Gasteiger partial charge in [0.25, 0.3) is 0 Å². The minimum atomic E-state index is -0.0418. The van der Waals surface area contributed by atoms with Gasteiger partial charge in [-0.2, -0.15) is 5.26 Å². The van der Waals surface area contributed by atoms with Crippen LogP contribution >= 0.6 is 0 Å². The third-order valence-corrected chi connectivity index (χ3v) is 2.01. The van der Waals surface area contributed by atoms with Gasteiger partial charge in [-0.25, -0.2) is 4.98 Å². The lowest BCUT2D eigenvalue weighted by Gasteiger charge is -2.21. The van der Waals surface area contributed by atoms with Crippen LogP contribution in [0.1, 0.15) is 32.0 Å². The average Bonchev–Trinajstić information content (AvgIpc) is 2.15. The summed E-state index contributed by atoms with van der Waals surface area (Å²) in [5.74, 6) is 0.733. The molecule has 74 valence electrons. The number of ether oxygens (including phenoxy) is 1. The van der Waals surface area contributed by atoms with Crippen LogP contribution in [0.15, 0.2) is 12.3 Å². The maximum atomic E-state index is 8.74. The summed E-state index contributed by atoms with van der Waals surface area (Å²) in [5, 5.41) is 8.74. The first-order valence-electron chi connectivity index (χ1n) is 4.43. The first kappa shape index (κ1) is 10.5. The van der Waals surface area contributed by atoms with Crippen LogP contribution < -0.4 is 4.74 Å². The number of nitriles is 1. The molecule has 0 N–H and O–H groups in total. The molecule has 0 saturated heterocycles. The van der Waals surface area contributed by atoms with Crippen LogP contribution in [0.5, 0.6) is 5.75 Å². The van der Waals surface area contributed by atoms with Crippen molar-refractivity contribution in [3.63, 3.8) is 0 Å². The molecule has 0 fully saturated rings. The van der Waals surface area contributed by atoms with E-state index in [1.165, 1.54) is 0 Å². The maximum absolute atomic E-state index is 8.74. The Morgan fingerprint density at radius 3 is 2.50 bits per heavy atom. The molecule has 0 aliphatic rings. The van der Waals surface area contributed by atoms with E-state index in [2.05, 4.69) is 25.8 Å². The number of hydrogen-bond acceptors (Lipinski definition) is 3. The number of pyridine rings is 1. The van der Waals surface area contributed by atoms with E-state index in [4.69, 9.17) is 10.00 Å². The summed E-state index contributed by atoms with van der Waals surface area (Å²) in [6, 6.07) is 3.80. The van der Waals surface area contributed by atoms with Gasteiger partial charge in [0.05, 0.1) is 13.3 Å². The molecule has 0 aliphatic carbocycles. The van der Waals surface area contributed by atoms with Gasteiger partial charge in [-0.05, 0) is 11.5 Å². The Hall–Kier alpha value is -1.56. The van der Waals surface area contributed by atoms with E-state index in [-0.39, 0.29) is 5.41 Å². The van der Waals surface area contributed by atoms with Gasteiger partial charge in [-0.1, -0.05) is 20.8 Å². The fourth-order valence-electron chi connectivity index (χ4n) is 1.25. The van der Waals surface area contributed by atoms with Crippen molar-refractivity contribution in [2.75, 3.05) is 7.11 Å². The van der Waals surface area contributed by atoms with E-state index in [1.807, 2.05) is 6.07 Å². The van der Waals surface area contributed by atoms with Crippen molar-refractivity contribution in [3.8, 4) is 11.8 Å². The van der Waals surface area contributed by atoms with Crippen molar-refractivity contribution in [1.29, 1.82) is 5.26 Å². The largest absolute Gasteiger partial charge is 0.495 e. The zero-order valence-electron chi connectivity index (χ0n) is 8.96. The molecule has 1 aromatic heterocycles. The first-order chi connectivity index (χ1) is 6.49. The van der Waals surface area contributed by atoms with Gasteiger partial charge in [0.15, 0.2) is 0 Å². The van der Waals surface area contributed by atoms with Crippen LogP contribution in [0.25, 0.3) is 0 Å². The lowest BCUT2D eigenvalue weighted by Crippen LogP contribution is -2.13. The Kier molecular flexibility index (Phi) is 2.76. The molecular weight excluding hydrogens is 176 g/mol. The highest BCUT2D eigenvalue weighted by molar-refractivity contribution is 5.40. The highest BCUT2D eigenvalue weighted by atomic mass is 16.5. The smallest absolute Gasteiger partial charge is 0.141 e. The van der Waals surface area contributed by atoms with E-state index in [0.717, 1.165) is 11.3 Å². The maximum Gasteiger partial charge on any atom is 0.141 e. The van der Waals surface area contributed by atoms with Crippen LogP contribution in [0, 0.1) is 11.3 Å². The number of aromatic nitrogens is 1. The van der Waals surface area contributed by atoms with Gasteiger partial charge < -0.3 is 4.74 Å². The predicted octanol–water partition coefficient (Wildman–Crippen LogP) is 2.26. The number of hydrogen-bond donors (Lipinski definition) is 0. The SMILES string of the molecule is COc1cnc(C#N)cc1C(C)(C)C. The summed E-state index contributed by atoms with van der Waals surface area (Å²) in [5.41, 5.74) is 1.39. The Bertz CT molecular complexity index is 372. The molecule has 0 saturated carbocycles. The minimum absolute atomic E-state index is 0.0418. The van der Waals surface area contributed by atoms with E-state index in [9.17, 15) is 0 Å². The van der Waals surface area contributed by atoms with Crippen LogP contribution in [0.2, 0.25) is 0 Å². The molecule has 0 radical (unpaired) electrons. The van der Waals surface area contributed by atoms with Crippen molar-refractivity contribution in [2.45, 2.75) is 26.2 Å². The normalized spacial score (nSPS) is 10.8. The molecular formula is C11H14N2O. The molecule has 3 nitrogen and oxygen atoms in total. The molecule has 0 aromatic carbocycles. The van der Waals surface area contributed by atoms with E-state index >= 15 is 0 Å². The Morgan fingerprint density at radius 2 is 2.07 bits per heavy atom. The first-order valence-corrected chi connectivity index (χ1v) is 4.43. The summed E-state index contributed by atoms with van der Waals surface area (Å²) in [6.45, 7) is 6.23. The van der Waals surface area contributed by atoms with Crippen molar-refractivity contribution in [3.05, 3.63) is 23.5 Å². The van der Waals surface area contributed by atoms with Gasteiger partial charge in [0.2, 0.25) is 0 Å². The Morgan fingerprint density at radius 1 is 1.43 bits per heavy atom. The number of methoxy groups -OCH3 is 1. The zero-order chi connectivity index (χ0) is 10.8. The van der Waals surface area contributed by atoms with Crippen LogP contribution in [0.4, 0.5) is 0 Å². The highest BCUT2D eigenvalue weighted by Crippen LogP contribution is 2.30. The summed E-state index contributed by atoms with van der Waals surface area (Å²) in [7, 11) is 1.61. The molecule has 0 unspecified atom stereocenters. The molecule has 0 spiro atoms. The van der Waals surface area contributed by atoms with Gasteiger partial charge in [0, 0.05) is 5.56 Å². The summed E-state index contributed by atoms with van der Waals surface area (Å²) in [4.78, 5) is 3.96. The monoisotopic (exact) mass is 190 g/mol. The number of nitrogens with zero attached hydrogens (tertiary/aromatic N) is 2. The van der Waals surface area contributed by atoms with Gasteiger partial charge in [0.1, 0.15) is 17.5 Å². The number of rotatable bonds is 1. The van der Waals surface area contributed by atoms with Crippen LogP contribution in [-0.4, -0.2) is 12.1 Å². The Labute approximate surface area is 84.3 Å². The summed E-state index contributed by atoms with van der Waals surface area (Å²) >= 11 is 0. The molecule has 0 bridgehead atoms. The third-order valence-electron chi connectivity index (χ3n) is 2.01. The van der Waals surface area contributed by atoms with Crippen LogP contribution in [-0.2, 0) is 5.41 Å². The molecule has 1 heterocycles. The minimum Gasteiger partial charge on any atom is -0.495 e. The van der Waals surface area contributed by atoms with E-state index < -0.39 is 0 Å². The van der Waals surface area contributed by atoms with E-state index in [0.29, 0.717) is 5.69 Å². The average molecular weight is 190 g/mol. The van der Waals surface area contributed by atoms with Crippen molar-refractivity contribution < 1.29 is 4.74 Å². The van der Waals surface area contributed by atoms with Gasteiger partial charge in [-0.3, -0.25) is 0 Å². The fourth-order valence-corrected chi connectivity index (χ4v) is 1.25. The fraction of sp³-hybridized carbons (Fsp3) is 0.455. The topological polar surface area (TPSA) is 45.9 Å². The second-order valence-corrected chi connectivity index (χ2v) is 4.13. The predicted molar refractivity (Wildman–Crippen MR) is 54.2 cm³/mol. The van der Waals surface area contributed by atoms with Gasteiger partial charge >= 0.3 is 0 Å². The zero-order valence-corrected chi connectivity index (χ0v) is 8.96. The second-order valence-electron chi connectivity index (χ2n) is 4.13. The van der Waals surface area contributed by atoms with E-state index in [1.54, 1.807) is 19.4 Å². The molecule has 1 aromatic rings. The lowest BCUT2D eigenvalue weighted by molar-refractivity contribution is 0.395. The molecule has 0 aliphatic heterocycles. The quantitative estimate of drug-likeness (QED) is 0.682. The van der Waals surface area contributed by atoms with Crippen molar-refractivity contribution in [1.82, 2.24) is 4.98 Å². The molecule has 14 heavy (non-hydrogen) atoms. The Balaban J connectivity index is 3.31. The van der Waals surface area contributed by atoms with Crippen molar-refractivity contribution >= 4 is 0 Å². The standard InChI is InChI=1S/C11H14N2O/c1-11(2,3)9-5-8(6-12)13-7-10(9)14-4/h5,7H,1-4H3. The van der Waals surface area contributed by atoms with Gasteiger partial charge in [-0.15, -0.1) is 0 Å². The molecule has 0 amide bonds. The third kappa shape index (κ3) is 2.02. The summed E-state index contributed by atoms with van der Waals surface area (Å²) < 4.78 is 5.20. The highest BCUT2D eigenvalue weighted by Gasteiger charge is 2.19. The molecule has 0 atom stereocenters. The second kappa shape index (κ2) is 3.67. The lowest BCUT2D eigenvalue weighted by atomic mass is 9.86. The van der Waals surface area contributed by atoms with Crippen LogP contribution in [0.3, 0.4) is 0 Å².